The van der Waals surface area contributed by atoms with Gasteiger partial charge in [-0.3, -0.25) is 9.59 Å². The zero-order valence-electron chi connectivity index (χ0n) is 15.8. The van der Waals surface area contributed by atoms with Gasteiger partial charge in [-0.15, -0.1) is 0 Å². The van der Waals surface area contributed by atoms with Crippen LogP contribution in [0.3, 0.4) is 0 Å². The van der Waals surface area contributed by atoms with Crippen LogP contribution in [0.1, 0.15) is 29.5 Å². The second kappa shape index (κ2) is 6.66. The van der Waals surface area contributed by atoms with Gasteiger partial charge in [-0.1, -0.05) is 23.8 Å². The van der Waals surface area contributed by atoms with Crippen LogP contribution in [0, 0.1) is 12.7 Å². The van der Waals surface area contributed by atoms with E-state index in [0.717, 1.165) is 23.3 Å². The highest BCUT2D eigenvalue weighted by atomic mass is 32.2. The Kier molecular flexibility index (Phi) is 4.49. The first kappa shape index (κ1) is 19.6. The van der Waals surface area contributed by atoms with Crippen molar-refractivity contribution >= 4 is 21.7 Å². The molecule has 2 atom stereocenters. The Bertz CT molecular complexity index is 1110. The second-order valence-electron chi connectivity index (χ2n) is 7.65. The molecule has 0 bridgehead atoms. The van der Waals surface area contributed by atoms with Crippen molar-refractivity contribution in [2.45, 2.75) is 41.9 Å². The topological polar surface area (TPSA) is 91.8 Å². The van der Waals surface area contributed by atoms with Crippen molar-refractivity contribution in [1.29, 1.82) is 0 Å². The van der Waals surface area contributed by atoms with E-state index in [9.17, 15) is 27.5 Å². The van der Waals surface area contributed by atoms with E-state index in [-0.39, 0.29) is 11.3 Å². The molecule has 4 rings (SSSR count). The molecule has 2 aliphatic rings. The fraction of sp³-hybridized carbons (Fsp3) is 0.333. The molecule has 152 valence electrons. The van der Waals surface area contributed by atoms with Crippen LogP contribution >= 0.6 is 0 Å². The monoisotopic (exact) mass is 417 g/mol. The normalized spacial score (nSPS) is 23.6. The molecule has 1 N–H and O–H groups in total. The van der Waals surface area contributed by atoms with E-state index in [1.165, 1.54) is 17.0 Å². The van der Waals surface area contributed by atoms with E-state index in [4.69, 9.17) is 0 Å². The lowest BCUT2D eigenvalue weighted by Crippen LogP contribution is -2.51. The summed E-state index contributed by atoms with van der Waals surface area (Å²) in [6, 6.07) is 9.19. The molecule has 2 unspecified atom stereocenters. The zero-order chi connectivity index (χ0) is 21.0. The van der Waals surface area contributed by atoms with Gasteiger partial charge in [0.25, 0.3) is 0 Å². The van der Waals surface area contributed by atoms with E-state index in [2.05, 4.69) is 0 Å². The number of aliphatic carboxylic acids is 1. The van der Waals surface area contributed by atoms with Crippen LogP contribution in [-0.4, -0.2) is 42.9 Å². The molecule has 6 nitrogen and oxygen atoms in total. The SMILES string of the molecule is Cc1ccc2c(c1)CCC1N(CC(=O)O)C(=O)CC21S(=O)(=O)c1ccc(F)cc1. The van der Waals surface area contributed by atoms with Crippen LogP contribution in [-0.2, 0) is 30.6 Å². The summed E-state index contributed by atoms with van der Waals surface area (Å²) in [6.07, 6.45) is 0.558. The number of likely N-dealkylation sites (tertiary alicyclic amines) is 1. The van der Waals surface area contributed by atoms with Crippen LogP contribution in [0.4, 0.5) is 4.39 Å². The average Bonchev–Trinajstić information content (AvgIpc) is 2.94. The lowest BCUT2D eigenvalue weighted by atomic mass is 9.78. The smallest absolute Gasteiger partial charge is 0.323 e. The molecular weight excluding hydrogens is 397 g/mol. The van der Waals surface area contributed by atoms with E-state index in [0.29, 0.717) is 18.4 Å². The van der Waals surface area contributed by atoms with E-state index in [1.807, 2.05) is 13.0 Å². The summed E-state index contributed by atoms with van der Waals surface area (Å²) >= 11 is 0. The second-order valence-corrected chi connectivity index (χ2v) is 9.86. The van der Waals surface area contributed by atoms with Crippen molar-refractivity contribution in [2.24, 2.45) is 0 Å². The fourth-order valence-electron chi connectivity index (χ4n) is 4.75. The van der Waals surface area contributed by atoms with Gasteiger partial charge in [0.1, 0.15) is 17.1 Å². The van der Waals surface area contributed by atoms with Gasteiger partial charge in [-0.25, -0.2) is 12.8 Å². The maximum absolute atomic E-state index is 13.9. The van der Waals surface area contributed by atoms with Crippen LogP contribution < -0.4 is 0 Å². The number of carbonyl (C=O) groups is 2. The van der Waals surface area contributed by atoms with E-state index < -0.39 is 44.9 Å². The van der Waals surface area contributed by atoms with Crippen molar-refractivity contribution in [1.82, 2.24) is 4.90 Å². The molecule has 29 heavy (non-hydrogen) atoms. The molecule has 0 spiro atoms. The lowest BCUT2D eigenvalue weighted by molar-refractivity contribution is -0.143. The largest absolute Gasteiger partial charge is 0.480 e. The number of hydrogen-bond acceptors (Lipinski definition) is 4. The summed E-state index contributed by atoms with van der Waals surface area (Å²) in [4.78, 5) is 25.3. The van der Waals surface area contributed by atoms with E-state index >= 15 is 0 Å². The highest BCUT2D eigenvalue weighted by Gasteiger charge is 2.63. The number of sulfone groups is 1. The number of nitrogens with zero attached hydrogens (tertiary/aromatic N) is 1. The van der Waals surface area contributed by atoms with Crippen molar-refractivity contribution in [3.63, 3.8) is 0 Å². The number of rotatable bonds is 4. The molecular formula is C21H20FNO5S. The van der Waals surface area contributed by atoms with Crippen LogP contribution in [0.25, 0.3) is 0 Å². The van der Waals surface area contributed by atoms with Crippen molar-refractivity contribution in [3.05, 3.63) is 65.0 Å². The molecule has 0 saturated carbocycles. The maximum atomic E-state index is 13.9. The molecule has 2 aromatic rings. The number of benzene rings is 2. The molecule has 2 aromatic carbocycles. The third-order valence-corrected chi connectivity index (χ3v) is 8.45. The first-order valence-corrected chi connectivity index (χ1v) is 10.8. The molecule has 1 aliphatic heterocycles. The van der Waals surface area contributed by atoms with Gasteiger partial charge in [0.2, 0.25) is 5.91 Å². The Morgan fingerprint density at radius 1 is 1.24 bits per heavy atom. The van der Waals surface area contributed by atoms with Crippen LogP contribution in [0.5, 0.6) is 0 Å². The quantitative estimate of drug-likeness (QED) is 0.772. The third-order valence-electron chi connectivity index (χ3n) is 5.96. The van der Waals surface area contributed by atoms with Crippen LogP contribution in [0.15, 0.2) is 47.4 Å². The molecule has 1 heterocycles. The first-order valence-electron chi connectivity index (χ1n) is 9.28. The number of aryl methyl sites for hydroxylation is 2. The highest BCUT2D eigenvalue weighted by Crippen LogP contribution is 2.53. The third kappa shape index (κ3) is 2.85. The minimum absolute atomic E-state index is 0.0812. The summed E-state index contributed by atoms with van der Waals surface area (Å²) < 4.78 is 39.6. The van der Waals surface area contributed by atoms with Crippen molar-refractivity contribution in [3.8, 4) is 0 Å². The Hall–Kier alpha value is -2.74. The Labute approximate surface area is 167 Å². The highest BCUT2D eigenvalue weighted by molar-refractivity contribution is 7.92. The van der Waals surface area contributed by atoms with Gasteiger partial charge in [-0.05, 0) is 55.2 Å². The van der Waals surface area contributed by atoms with Gasteiger partial charge in [-0.2, -0.15) is 0 Å². The molecule has 1 fully saturated rings. The molecule has 0 radical (unpaired) electrons. The zero-order valence-corrected chi connectivity index (χ0v) is 16.6. The predicted molar refractivity (Wildman–Crippen MR) is 103 cm³/mol. The first-order chi connectivity index (χ1) is 13.7. The molecule has 0 aromatic heterocycles. The Morgan fingerprint density at radius 3 is 2.59 bits per heavy atom. The predicted octanol–water partition coefficient (Wildman–Crippen LogP) is 2.44. The Morgan fingerprint density at radius 2 is 1.93 bits per heavy atom. The molecule has 1 saturated heterocycles. The van der Waals surface area contributed by atoms with Crippen molar-refractivity contribution in [2.75, 3.05) is 6.54 Å². The number of carbonyl (C=O) groups excluding carboxylic acids is 1. The standard InChI is InChI=1S/C21H20FNO5S/c1-13-2-8-17-14(10-13)3-9-18-21(17,11-19(24)23(18)12-20(25)26)29(27,28)16-6-4-15(22)5-7-16/h2,4-8,10,18H,3,9,11-12H2,1H3,(H,25,26). The number of halogens is 1. The Balaban J connectivity index is 1.98. The number of fused-ring (bicyclic) bond motifs is 3. The fourth-order valence-corrected chi connectivity index (χ4v) is 7.08. The van der Waals surface area contributed by atoms with Gasteiger partial charge >= 0.3 is 5.97 Å². The molecule has 1 aliphatic carbocycles. The van der Waals surface area contributed by atoms with E-state index in [1.54, 1.807) is 12.1 Å². The number of carboxylic acid groups (broad SMARTS) is 1. The number of amides is 1. The number of carboxylic acids is 1. The summed E-state index contributed by atoms with van der Waals surface area (Å²) in [5, 5.41) is 9.26. The minimum atomic E-state index is -4.13. The van der Waals surface area contributed by atoms with Gasteiger partial charge < -0.3 is 10.0 Å². The average molecular weight is 417 g/mol. The summed E-state index contributed by atoms with van der Waals surface area (Å²) in [7, 11) is -4.13. The number of hydrogen-bond donors (Lipinski definition) is 1. The van der Waals surface area contributed by atoms with Gasteiger partial charge in [0.15, 0.2) is 9.84 Å². The molecule has 8 heteroatoms. The van der Waals surface area contributed by atoms with Gasteiger partial charge in [0.05, 0.1) is 17.4 Å². The van der Waals surface area contributed by atoms with Crippen LogP contribution in [0.2, 0.25) is 0 Å². The summed E-state index contributed by atoms with van der Waals surface area (Å²) in [5.74, 6) is -2.26. The molecule has 1 amide bonds. The van der Waals surface area contributed by atoms with Gasteiger partial charge in [0, 0.05) is 0 Å². The summed E-state index contributed by atoms with van der Waals surface area (Å²) in [5.41, 5.74) is 2.35. The maximum Gasteiger partial charge on any atom is 0.323 e. The lowest BCUT2D eigenvalue weighted by Gasteiger charge is -2.42. The minimum Gasteiger partial charge on any atom is -0.480 e. The van der Waals surface area contributed by atoms with Crippen molar-refractivity contribution < 1.29 is 27.5 Å². The summed E-state index contributed by atoms with van der Waals surface area (Å²) in [6.45, 7) is 1.36.